The topological polar surface area (TPSA) is 32.3 Å². The summed E-state index contributed by atoms with van der Waals surface area (Å²) in [5.41, 5.74) is 0. The van der Waals surface area contributed by atoms with E-state index in [0.29, 0.717) is 18.0 Å². The van der Waals surface area contributed by atoms with E-state index in [1.165, 1.54) is 12.8 Å². The first-order chi connectivity index (χ1) is 4.77. The number of nitrogens with one attached hydrogen (secondary N) is 1. The first-order valence-electron chi connectivity index (χ1n) is 4.21. The van der Waals surface area contributed by atoms with Crippen LogP contribution >= 0.6 is 0 Å². The molecule has 0 spiro atoms. The summed E-state index contributed by atoms with van der Waals surface area (Å²) < 4.78 is 0. The highest BCUT2D eigenvalue weighted by molar-refractivity contribution is 4.95. The average Bonchev–Trinajstić information content (AvgIpc) is 2.29. The van der Waals surface area contributed by atoms with E-state index in [4.69, 9.17) is 0 Å². The number of rotatable bonds is 0. The molecule has 0 amide bonds. The lowest BCUT2D eigenvalue weighted by Crippen LogP contribution is -2.46. The fraction of sp³-hybridized carbons (Fsp3) is 1.00. The lowest BCUT2D eigenvalue weighted by atomic mass is 9.91. The number of hydrogen-bond acceptors (Lipinski definition) is 2. The van der Waals surface area contributed by atoms with E-state index in [9.17, 15) is 5.11 Å². The summed E-state index contributed by atoms with van der Waals surface area (Å²) in [6.07, 6.45) is 3.46. The summed E-state index contributed by atoms with van der Waals surface area (Å²) in [6, 6.07) is 1.23. The Morgan fingerprint density at radius 3 is 3.00 bits per heavy atom. The Hall–Kier alpha value is -0.0800. The van der Waals surface area contributed by atoms with Crippen LogP contribution in [0.15, 0.2) is 0 Å². The Morgan fingerprint density at radius 2 is 2.20 bits per heavy atom. The molecule has 0 aromatic carbocycles. The maximum Gasteiger partial charge on any atom is 0.0595 e. The summed E-state index contributed by atoms with van der Waals surface area (Å²) >= 11 is 0. The zero-order valence-electron chi connectivity index (χ0n) is 6.38. The summed E-state index contributed by atoms with van der Waals surface area (Å²) in [5, 5.41) is 13.0. The largest absolute Gasteiger partial charge is 0.393 e. The molecule has 0 aromatic heterocycles. The molecule has 2 heterocycles. The minimum atomic E-state index is -0.0428. The van der Waals surface area contributed by atoms with Crippen LogP contribution in [0.25, 0.3) is 0 Å². The number of aliphatic hydroxyl groups excluding tert-OH is 1. The number of hydrogen-bond donors (Lipinski definition) is 2. The van der Waals surface area contributed by atoms with Crippen LogP contribution in [0, 0.1) is 5.92 Å². The predicted molar refractivity (Wildman–Crippen MR) is 39.7 cm³/mol. The molecular formula is C8H15NO. The molecule has 58 valence electrons. The second kappa shape index (κ2) is 2.21. The molecule has 0 saturated carbocycles. The molecule has 2 aliphatic heterocycles. The van der Waals surface area contributed by atoms with Crippen molar-refractivity contribution in [3.63, 3.8) is 0 Å². The van der Waals surface area contributed by atoms with Gasteiger partial charge in [-0.3, -0.25) is 0 Å². The third-order valence-corrected chi connectivity index (χ3v) is 3.04. The molecule has 2 fully saturated rings. The number of piperidine rings is 1. The molecule has 0 aliphatic carbocycles. The SMILES string of the molecule is C[C@H]1[C@@H](O)C[C@@H]2CC[C@H]1N2. The van der Waals surface area contributed by atoms with Gasteiger partial charge in [-0.2, -0.15) is 0 Å². The van der Waals surface area contributed by atoms with Crippen molar-refractivity contribution in [1.82, 2.24) is 5.32 Å². The molecule has 2 N–H and O–H groups in total. The highest BCUT2D eigenvalue weighted by atomic mass is 16.3. The second-order valence-corrected chi connectivity index (χ2v) is 3.71. The highest BCUT2D eigenvalue weighted by Gasteiger charge is 2.37. The van der Waals surface area contributed by atoms with Crippen LogP contribution in [0.5, 0.6) is 0 Å². The first kappa shape index (κ1) is 6.62. The van der Waals surface area contributed by atoms with Crippen molar-refractivity contribution in [2.75, 3.05) is 0 Å². The molecule has 2 heteroatoms. The van der Waals surface area contributed by atoms with E-state index in [1.807, 2.05) is 0 Å². The van der Waals surface area contributed by atoms with Gasteiger partial charge < -0.3 is 10.4 Å². The maximum atomic E-state index is 9.52. The molecule has 4 atom stereocenters. The van der Waals surface area contributed by atoms with Crippen LogP contribution in [-0.2, 0) is 0 Å². The molecule has 2 bridgehead atoms. The van der Waals surface area contributed by atoms with Gasteiger partial charge in [0, 0.05) is 12.1 Å². The van der Waals surface area contributed by atoms with Crippen LogP contribution < -0.4 is 5.32 Å². The van der Waals surface area contributed by atoms with E-state index in [0.717, 1.165) is 6.42 Å². The monoisotopic (exact) mass is 141 g/mol. The Bertz CT molecular complexity index is 137. The van der Waals surface area contributed by atoms with Gasteiger partial charge in [-0.1, -0.05) is 6.92 Å². The second-order valence-electron chi connectivity index (χ2n) is 3.71. The van der Waals surface area contributed by atoms with E-state index in [1.54, 1.807) is 0 Å². The van der Waals surface area contributed by atoms with Crippen molar-refractivity contribution >= 4 is 0 Å². The molecule has 2 saturated heterocycles. The predicted octanol–water partition coefficient (Wildman–Crippen LogP) is 0.508. The van der Waals surface area contributed by atoms with E-state index in [-0.39, 0.29) is 6.10 Å². The molecule has 0 unspecified atom stereocenters. The molecule has 2 nitrogen and oxygen atoms in total. The zero-order valence-corrected chi connectivity index (χ0v) is 6.38. The van der Waals surface area contributed by atoms with Gasteiger partial charge in [-0.15, -0.1) is 0 Å². The van der Waals surface area contributed by atoms with Crippen molar-refractivity contribution in [3.8, 4) is 0 Å². The van der Waals surface area contributed by atoms with Gasteiger partial charge in [0.05, 0.1) is 6.10 Å². The van der Waals surface area contributed by atoms with Crippen LogP contribution in [0.3, 0.4) is 0 Å². The Labute approximate surface area is 61.6 Å². The lowest BCUT2D eigenvalue weighted by molar-refractivity contribution is 0.0619. The Morgan fingerprint density at radius 1 is 1.40 bits per heavy atom. The molecule has 0 aromatic rings. The summed E-state index contributed by atoms with van der Waals surface area (Å²) in [6.45, 7) is 2.14. The van der Waals surface area contributed by atoms with Crippen molar-refractivity contribution in [2.45, 2.75) is 44.4 Å². The maximum absolute atomic E-state index is 9.52. The molecule has 2 aliphatic rings. The molecule has 10 heavy (non-hydrogen) atoms. The average molecular weight is 141 g/mol. The van der Waals surface area contributed by atoms with Crippen LogP contribution in [0.4, 0.5) is 0 Å². The van der Waals surface area contributed by atoms with Crippen LogP contribution in [0.1, 0.15) is 26.2 Å². The quantitative estimate of drug-likeness (QED) is 0.515. The fourth-order valence-electron chi connectivity index (χ4n) is 2.23. The first-order valence-corrected chi connectivity index (χ1v) is 4.21. The van der Waals surface area contributed by atoms with E-state index >= 15 is 0 Å². The minimum Gasteiger partial charge on any atom is -0.393 e. The van der Waals surface area contributed by atoms with Gasteiger partial charge in [0.15, 0.2) is 0 Å². The molecule has 0 radical (unpaired) electrons. The fourth-order valence-corrected chi connectivity index (χ4v) is 2.23. The van der Waals surface area contributed by atoms with Gasteiger partial charge in [-0.25, -0.2) is 0 Å². The summed E-state index contributed by atoms with van der Waals surface area (Å²) in [7, 11) is 0. The smallest absolute Gasteiger partial charge is 0.0595 e. The molecule has 2 rings (SSSR count). The van der Waals surface area contributed by atoms with E-state index < -0.39 is 0 Å². The van der Waals surface area contributed by atoms with Gasteiger partial charge >= 0.3 is 0 Å². The van der Waals surface area contributed by atoms with Crippen molar-refractivity contribution < 1.29 is 5.11 Å². The molecular weight excluding hydrogens is 126 g/mol. The van der Waals surface area contributed by atoms with Gasteiger partial charge in [0.2, 0.25) is 0 Å². The standard InChI is InChI=1S/C8H15NO/c1-5-7-3-2-6(9-7)4-8(5)10/h5-10H,2-4H2,1H3/t5-,6+,7-,8+/m1/s1. The third-order valence-electron chi connectivity index (χ3n) is 3.04. The van der Waals surface area contributed by atoms with Gasteiger partial charge in [-0.05, 0) is 25.2 Å². The van der Waals surface area contributed by atoms with Crippen LogP contribution in [0.2, 0.25) is 0 Å². The third kappa shape index (κ3) is 0.867. The highest BCUT2D eigenvalue weighted by Crippen LogP contribution is 2.30. The van der Waals surface area contributed by atoms with Crippen LogP contribution in [-0.4, -0.2) is 23.3 Å². The van der Waals surface area contributed by atoms with Gasteiger partial charge in [0.1, 0.15) is 0 Å². The van der Waals surface area contributed by atoms with Crippen molar-refractivity contribution in [1.29, 1.82) is 0 Å². The van der Waals surface area contributed by atoms with E-state index in [2.05, 4.69) is 12.2 Å². The Balaban J connectivity index is 2.09. The zero-order chi connectivity index (χ0) is 7.14. The minimum absolute atomic E-state index is 0.0428. The van der Waals surface area contributed by atoms with Gasteiger partial charge in [0.25, 0.3) is 0 Å². The lowest BCUT2D eigenvalue weighted by Gasteiger charge is -2.31. The summed E-state index contributed by atoms with van der Waals surface area (Å²) in [5.74, 6) is 0.471. The Kier molecular flexibility index (Phi) is 1.46. The number of aliphatic hydroxyl groups is 1. The normalized spacial score (nSPS) is 53.4. The van der Waals surface area contributed by atoms with Crippen molar-refractivity contribution in [2.24, 2.45) is 5.92 Å². The van der Waals surface area contributed by atoms with Crippen molar-refractivity contribution in [3.05, 3.63) is 0 Å². The number of fused-ring (bicyclic) bond motifs is 2. The summed E-state index contributed by atoms with van der Waals surface area (Å²) in [4.78, 5) is 0.